The van der Waals surface area contributed by atoms with Crippen LogP contribution in [0.3, 0.4) is 0 Å². The summed E-state index contributed by atoms with van der Waals surface area (Å²) in [5.41, 5.74) is 1.49. The third kappa shape index (κ3) is 5.25. The summed E-state index contributed by atoms with van der Waals surface area (Å²) >= 11 is 6.31. The first-order chi connectivity index (χ1) is 14.2. The maximum Gasteiger partial charge on any atom is 0.262 e. The van der Waals surface area contributed by atoms with Crippen molar-refractivity contribution in [1.82, 2.24) is 10.3 Å². The average molecular weight is 430 g/mol. The Kier molecular flexibility index (Phi) is 6.56. The van der Waals surface area contributed by atoms with Crippen LogP contribution in [0.1, 0.15) is 50.8 Å². The molecule has 0 radical (unpaired) electrons. The zero-order chi connectivity index (χ0) is 21.9. The molecule has 0 unspecified atom stereocenters. The van der Waals surface area contributed by atoms with Crippen LogP contribution in [0.5, 0.6) is 0 Å². The van der Waals surface area contributed by atoms with Crippen molar-refractivity contribution in [1.29, 1.82) is 0 Å². The molecule has 2 amide bonds. The molecule has 1 aliphatic heterocycles. The Morgan fingerprint density at radius 2 is 1.83 bits per heavy atom. The number of benzene rings is 2. The number of hydrogen-bond acceptors (Lipinski definition) is 3. The minimum absolute atomic E-state index is 0.189. The van der Waals surface area contributed by atoms with E-state index in [1.54, 1.807) is 24.3 Å². The van der Waals surface area contributed by atoms with Gasteiger partial charge in [0.2, 0.25) is 5.91 Å². The van der Waals surface area contributed by atoms with Crippen molar-refractivity contribution in [2.45, 2.75) is 39.7 Å². The molecule has 2 aromatic carbocycles. The highest BCUT2D eigenvalue weighted by Gasteiger charge is 2.35. The Labute approximate surface area is 180 Å². The van der Waals surface area contributed by atoms with Gasteiger partial charge in [0.15, 0.2) is 0 Å². The Hall–Kier alpha value is -2.73. The minimum Gasteiger partial charge on any atom is -0.347 e. The monoisotopic (exact) mass is 429 g/mol. The first-order valence-corrected chi connectivity index (χ1v) is 10.2. The van der Waals surface area contributed by atoms with E-state index in [4.69, 9.17) is 11.6 Å². The summed E-state index contributed by atoms with van der Waals surface area (Å²) in [6.45, 7) is 5.63. The molecule has 30 heavy (non-hydrogen) atoms. The standard InChI is InChI=1S/C23H25ClFN3O2/c1-23(2,3)13-21(29)26-14-22(30)28-20(16-9-5-7-11-18(16)25)12-19(27-28)15-8-4-6-10-17(15)24/h4-11,20H,12-14H2,1-3H3,(H,26,29)/t20-/m1/s1. The number of carbonyl (C=O) groups excluding carboxylic acids is 2. The van der Waals surface area contributed by atoms with Crippen LogP contribution in [-0.2, 0) is 9.59 Å². The van der Waals surface area contributed by atoms with Crippen molar-refractivity contribution < 1.29 is 14.0 Å². The Balaban J connectivity index is 1.85. The van der Waals surface area contributed by atoms with Gasteiger partial charge in [0, 0.05) is 29.0 Å². The second-order valence-corrected chi connectivity index (χ2v) is 8.93. The number of carbonyl (C=O) groups is 2. The maximum atomic E-state index is 14.5. The first-order valence-electron chi connectivity index (χ1n) is 9.81. The molecule has 0 aliphatic carbocycles. The van der Waals surface area contributed by atoms with Gasteiger partial charge in [-0.2, -0.15) is 5.10 Å². The third-order valence-electron chi connectivity index (χ3n) is 4.74. The highest BCUT2D eigenvalue weighted by atomic mass is 35.5. The molecule has 1 atom stereocenters. The number of nitrogens with one attached hydrogen (secondary N) is 1. The summed E-state index contributed by atoms with van der Waals surface area (Å²) in [6, 6.07) is 12.9. The summed E-state index contributed by atoms with van der Waals surface area (Å²) in [5, 5.41) is 8.89. The summed E-state index contributed by atoms with van der Waals surface area (Å²) in [7, 11) is 0. The lowest BCUT2D eigenvalue weighted by Gasteiger charge is -2.23. The second-order valence-electron chi connectivity index (χ2n) is 8.52. The fourth-order valence-corrected chi connectivity index (χ4v) is 3.63. The molecule has 0 saturated carbocycles. The molecule has 158 valence electrons. The highest BCUT2D eigenvalue weighted by molar-refractivity contribution is 6.34. The van der Waals surface area contributed by atoms with Gasteiger partial charge in [-0.15, -0.1) is 0 Å². The van der Waals surface area contributed by atoms with Crippen LogP contribution in [0, 0.1) is 11.2 Å². The minimum atomic E-state index is -0.607. The van der Waals surface area contributed by atoms with Crippen LogP contribution in [0.25, 0.3) is 0 Å². The van der Waals surface area contributed by atoms with Gasteiger partial charge < -0.3 is 5.32 Å². The largest absolute Gasteiger partial charge is 0.347 e. The summed E-state index contributed by atoms with van der Waals surface area (Å²) < 4.78 is 14.5. The number of amides is 2. The van der Waals surface area contributed by atoms with Crippen LogP contribution in [0.2, 0.25) is 5.02 Å². The van der Waals surface area contributed by atoms with Gasteiger partial charge in [-0.1, -0.05) is 68.8 Å². The molecule has 1 N–H and O–H groups in total. The maximum absolute atomic E-state index is 14.5. The fourth-order valence-electron chi connectivity index (χ4n) is 3.39. The molecule has 0 saturated heterocycles. The lowest BCUT2D eigenvalue weighted by molar-refractivity contribution is -0.134. The first kappa shape index (κ1) is 22.0. The van der Waals surface area contributed by atoms with Crippen molar-refractivity contribution in [3.63, 3.8) is 0 Å². The Bertz CT molecular complexity index is 984. The van der Waals surface area contributed by atoms with Gasteiger partial charge in [-0.3, -0.25) is 9.59 Å². The molecule has 0 aromatic heterocycles. The van der Waals surface area contributed by atoms with Gasteiger partial charge in [0.25, 0.3) is 5.91 Å². The van der Waals surface area contributed by atoms with Gasteiger partial charge in [-0.05, 0) is 17.5 Å². The predicted octanol–water partition coefficient (Wildman–Crippen LogP) is 4.71. The van der Waals surface area contributed by atoms with Crippen molar-refractivity contribution in [3.8, 4) is 0 Å². The fraction of sp³-hybridized carbons (Fsp3) is 0.348. The molecule has 7 heteroatoms. The molecule has 3 rings (SSSR count). The SMILES string of the molecule is CC(C)(C)CC(=O)NCC(=O)N1N=C(c2ccccc2Cl)C[C@@H]1c1ccccc1F. The highest BCUT2D eigenvalue weighted by Crippen LogP contribution is 2.35. The van der Waals surface area contributed by atoms with E-state index in [1.807, 2.05) is 39.0 Å². The molecule has 0 spiro atoms. The van der Waals surface area contributed by atoms with E-state index < -0.39 is 17.8 Å². The number of hydrazone groups is 1. The molecular weight excluding hydrogens is 405 g/mol. The molecule has 0 fully saturated rings. The van der Waals surface area contributed by atoms with E-state index in [0.29, 0.717) is 34.7 Å². The van der Waals surface area contributed by atoms with Crippen LogP contribution in [-0.4, -0.2) is 29.1 Å². The van der Waals surface area contributed by atoms with Crippen molar-refractivity contribution in [3.05, 3.63) is 70.5 Å². The normalized spacial score (nSPS) is 16.4. The summed E-state index contributed by atoms with van der Waals surface area (Å²) in [4.78, 5) is 25.0. The quantitative estimate of drug-likeness (QED) is 0.748. The lowest BCUT2D eigenvalue weighted by atomic mass is 9.92. The zero-order valence-corrected chi connectivity index (χ0v) is 18.0. The summed E-state index contributed by atoms with van der Waals surface area (Å²) in [6.07, 6.45) is 0.623. The Morgan fingerprint density at radius 3 is 2.50 bits per heavy atom. The number of nitrogens with zero attached hydrogens (tertiary/aromatic N) is 2. The van der Waals surface area contributed by atoms with Gasteiger partial charge in [-0.25, -0.2) is 9.40 Å². The predicted molar refractivity (Wildman–Crippen MR) is 116 cm³/mol. The molecular formula is C23H25ClFN3O2. The lowest BCUT2D eigenvalue weighted by Crippen LogP contribution is -2.39. The second kappa shape index (κ2) is 8.96. The van der Waals surface area contributed by atoms with E-state index in [2.05, 4.69) is 10.4 Å². The summed E-state index contributed by atoms with van der Waals surface area (Å²) in [5.74, 6) is -1.03. The van der Waals surface area contributed by atoms with E-state index in [0.717, 1.165) is 0 Å². The molecule has 5 nitrogen and oxygen atoms in total. The van der Waals surface area contributed by atoms with E-state index in [9.17, 15) is 14.0 Å². The van der Waals surface area contributed by atoms with Crippen molar-refractivity contribution in [2.24, 2.45) is 10.5 Å². The number of hydrogen-bond donors (Lipinski definition) is 1. The Morgan fingerprint density at radius 1 is 1.17 bits per heavy atom. The van der Waals surface area contributed by atoms with Crippen molar-refractivity contribution >= 4 is 29.1 Å². The zero-order valence-electron chi connectivity index (χ0n) is 17.3. The van der Waals surface area contributed by atoms with E-state index in [1.165, 1.54) is 11.1 Å². The third-order valence-corrected chi connectivity index (χ3v) is 5.07. The van der Waals surface area contributed by atoms with Gasteiger partial charge in [0.05, 0.1) is 18.3 Å². The van der Waals surface area contributed by atoms with Crippen LogP contribution >= 0.6 is 11.6 Å². The van der Waals surface area contributed by atoms with Crippen LogP contribution in [0.4, 0.5) is 4.39 Å². The van der Waals surface area contributed by atoms with E-state index in [-0.39, 0.29) is 17.9 Å². The van der Waals surface area contributed by atoms with Crippen LogP contribution in [0.15, 0.2) is 53.6 Å². The topological polar surface area (TPSA) is 61.8 Å². The number of rotatable bonds is 5. The van der Waals surface area contributed by atoms with E-state index >= 15 is 0 Å². The number of halogens is 2. The smallest absolute Gasteiger partial charge is 0.262 e. The van der Waals surface area contributed by atoms with Crippen LogP contribution < -0.4 is 5.32 Å². The van der Waals surface area contributed by atoms with Gasteiger partial charge in [0.1, 0.15) is 5.82 Å². The molecule has 1 heterocycles. The van der Waals surface area contributed by atoms with Gasteiger partial charge >= 0.3 is 0 Å². The molecule has 0 bridgehead atoms. The average Bonchev–Trinajstić information content (AvgIpc) is 3.10. The van der Waals surface area contributed by atoms with Crippen molar-refractivity contribution in [2.75, 3.05) is 6.54 Å². The molecule has 1 aliphatic rings. The molecule has 2 aromatic rings.